The molecule has 1 aromatic heterocycles. The van der Waals surface area contributed by atoms with Gasteiger partial charge in [0, 0.05) is 5.92 Å². The summed E-state index contributed by atoms with van der Waals surface area (Å²) in [5.41, 5.74) is 8.42. The standard InChI is InChI=1S/C16H17FN2O/c17-10-5-3-4-9(8-10)13-15(19-20-16(13)18)14-11-6-1-2-7-12(11)14/h3-5,8,11-12,14H,1-2,6-7,18H2. The van der Waals surface area contributed by atoms with E-state index >= 15 is 0 Å². The van der Waals surface area contributed by atoms with Crippen molar-refractivity contribution in [1.82, 2.24) is 5.16 Å². The molecule has 20 heavy (non-hydrogen) atoms. The van der Waals surface area contributed by atoms with Crippen LogP contribution in [0.1, 0.15) is 37.3 Å². The monoisotopic (exact) mass is 272 g/mol. The van der Waals surface area contributed by atoms with Crippen LogP contribution in [-0.4, -0.2) is 5.16 Å². The third-order valence-corrected chi connectivity index (χ3v) is 4.83. The quantitative estimate of drug-likeness (QED) is 0.900. The summed E-state index contributed by atoms with van der Waals surface area (Å²) in [6.45, 7) is 0. The van der Waals surface area contributed by atoms with Crippen LogP contribution in [0.4, 0.5) is 10.3 Å². The highest BCUT2D eigenvalue weighted by Gasteiger charge is 2.53. The topological polar surface area (TPSA) is 52.0 Å². The molecule has 0 bridgehead atoms. The van der Waals surface area contributed by atoms with Gasteiger partial charge in [-0.1, -0.05) is 30.1 Å². The van der Waals surface area contributed by atoms with Crippen molar-refractivity contribution >= 4 is 5.88 Å². The van der Waals surface area contributed by atoms with Gasteiger partial charge in [-0.3, -0.25) is 0 Å². The fourth-order valence-corrected chi connectivity index (χ4v) is 3.88. The van der Waals surface area contributed by atoms with Crippen LogP contribution >= 0.6 is 0 Å². The van der Waals surface area contributed by atoms with Crippen LogP contribution in [0.15, 0.2) is 28.8 Å². The van der Waals surface area contributed by atoms with E-state index in [2.05, 4.69) is 5.16 Å². The molecule has 4 heteroatoms. The molecule has 4 rings (SSSR count). The Kier molecular flexibility index (Phi) is 2.59. The Morgan fingerprint density at radius 2 is 1.95 bits per heavy atom. The Balaban J connectivity index is 1.75. The van der Waals surface area contributed by atoms with E-state index in [9.17, 15) is 4.39 Å². The molecule has 0 aliphatic heterocycles. The lowest BCUT2D eigenvalue weighted by Gasteiger charge is -2.04. The number of fused-ring (bicyclic) bond motifs is 1. The van der Waals surface area contributed by atoms with Crippen LogP contribution < -0.4 is 5.73 Å². The second-order valence-corrected chi connectivity index (χ2v) is 5.96. The predicted molar refractivity (Wildman–Crippen MR) is 74.5 cm³/mol. The zero-order valence-electron chi connectivity index (χ0n) is 11.2. The maximum Gasteiger partial charge on any atom is 0.230 e. The minimum atomic E-state index is -0.262. The fraction of sp³-hybridized carbons (Fsp3) is 0.438. The summed E-state index contributed by atoms with van der Waals surface area (Å²) < 4.78 is 18.6. The van der Waals surface area contributed by atoms with E-state index in [-0.39, 0.29) is 5.82 Å². The first-order valence-electron chi connectivity index (χ1n) is 7.26. The number of nitrogens with zero attached hydrogens (tertiary/aromatic N) is 1. The predicted octanol–water partition coefficient (Wildman–Crippen LogP) is 3.97. The van der Waals surface area contributed by atoms with Gasteiger partial charge in [0.1, 0.15) is 5.82 Å². The zero-order valence-corrected chi connectivity index (χ0v) is 11.2. The van der Waals surface area contributed by atoms with Crippen molar-refractivity contribution in [3.63, 3.8) is 0 Å². The van der Waals surface area contributed by atoms with Gasteiger partial charge in [0.2, 0.25) is 5.88 Å². The van der Waals surface area contributed by atoms with Gasteiger partial charge < -0.3 is 10.3 Å². The van der Waals surface area contributed by atoms with Gasteiger partial charge >= 0.3 is 0 Å². The maximum absolute atomic E-state index is 13.4. The summed E-state index contributed by atoms with van der Waals surface area (Å²) in [6.07, 6.45) is 5.15. The Morgan fingerprint density at radius 1 is 1.20 bits per heavy atom. The van der Waals surface area contributed by atoms with Gasteiger partial charge in [-0.2, -0.15) is 0 Å². The van der Waals surface area contributed by atoms with Crippen molar-refractivity contribution in [2.24, 2.45) is 11.8 Å². The average Bonchev–Trinajstić information content (AvgIpc) is 3.06. The van der Waals surface area contributed by atoms with Crippen LogP contribution in [0.25, 0.3) is 11.1 Å². The number of hydrogen-bond acceptors (Lipinski definition) is 3. The van der Waals surface area contributed by atoms with Crippen LogP contribution in [0.2, 0.25) is 0 Å². The van der Waals surface area contributed by atoms with Gasteiger partial charge in [-0.05, 0) is 42.4 Å². The lowest BCUT2D eigenvalue weighted by atomic mass is 10.0. The minimum Gasteiger partial charge on any atom is -0.367 e. The molecule has 3 nitrogen and oxygen atoms in total. The minimum absolute atomic E-state index is 0.262. The molecule has 0 spiro atoms. The molecule has 2 saturated carbocycles. The molecule has 2 N–H and O–H groups in total. The molecule has 0 saturated heterocycles. The van der Waals surface area contributed by atoms with Gasteiger partial charge in [0.05, 0.1) is 11.3 Å². The van der Waals surface area contributed by atoms with E-state index in [1.54, 1.807) is 6.07 Å². The molecule has 1 heterocycles. The largest absolute Gasteiger partial charge is 0.367 e. The number of hydrogen-bond donors (Lipinski definition) is 1. The number of rotatable bonds is 2. The summed E-state index contributed by atoms with van der Waals surface area (Å²) in [7, 11) is 0. The Morgan fingerprint density at radius 3 is 2.65 bits per heavy atom. The van der Waals surface area contributed by atoms with Gasteiger partial charge in [-0.15, -0.1) is 0 Å². The maximum atomic E-state index is 13.4. The van der Waals surface area contributed by atoms with E-state index in [0.717, 1.165) is 28.7 Å². The summed E-state index contributed by atoms with van der Waals surface area (Å²) >= 11 is 0. The number of nitrogen functional groups attached to an aromatic ring is 1. The Bertz CT molecular complexity index is 640. The highest BCUT2D eigenvalue weighted by molar-refractivity contribution is 5.76. The van der Waals surface area contributed by atoms with Crippen LogP contribution in [0.5, 0.6) is 0 Å². The lowest BCUT2D eigenvalue weighted by Crippen LogP contribution is -1.91. The number of halogens is 1. The van der Waals surface area contributed by atoms with Gasteiger partial charge in [0.15, 0.2) is 0 Å². The molecule has 2 fully saturated rings. The van der Waals surface area contributed by atoms with Crippen LogP contribution in [-0.2, 0) is 0 Å². The number of aromatic nitrogens is 1. The average molecular weight is 272 g/mol. The molecular formula is C16H17FN2O. The number of anilines is 1. The summed E-state index contributed by atoms with van der Waals surface area (Å²) in [6, 6.07) is 6.49. The Hall–Kier alpha value is -1.84. The summed E-state index contributed by atoms with van der Waals surface area (Å²) in [5, 5.41) is 4.19. The first-order valence-corrected chi connectivity index (χ1v) is 7.26. The van der Waals surface area contributed by atoms with Crippen molar-refractivity contribution in [3.05, 3.63) is 35.8 Å². The molecule has 104 valence electrons. The zero-order chi connectivity index (χ0) is 13.7. The van der Waals surface area contributed by atoms with E-state index in [1.807, 2.05) is 6.07 Å². The Labute approximate surface area is 117 Å². The van der Waals surface area contributed by atoms with E-state index in [0.29, 0.717) is 11.8 Å². The fourth-order valence-electron chi connectivity index (χ4n) is 3.88. The molecule has 2 aliphatic rings. The molecule has 0 amide bonds. The molecular weight excluding hydrogens is 255 g/mol. The third-order valence-electron chi connectivity index (χ3n) is 4.83. The first-order chi connectivity index (χ1) is 9.75. The highest BCUT2D eigenvalue weighted by Crippen LogP contribution is 2.62. The smallest absolute Gasteiger partial charge is 0.230 e. The molecule has 1 aromatic carbocycles. The van der Waals surface area contributed by atoms with E-state index in [1.165, 1.54) is 37.8 Å². The molecule has 2 aromatic rings. The summed E-state index contributed by atoms with van der Waals surface area (Å²) in [5.74, 6) is 1.94. The van der Waals surface area contributed by atoms with Crippen molar-refractivity contribution in [1.29, 1.82) is 0 Å². The SMILES string of the molecule is Nc1onc(C2C3CCCCC32)c1-c1cccc(F)c1. The van der Waals surface area contributed by atoms with Crippen LogP contribution in [0, 0.1) is 17.7 Å². The lowest BCUT2D eigenvalue weighted by molar-refractivity contribution is 0.426. The first kappa shape index (κ1) is 11.9. The van der Waals surface area contributed by atoms with Gasteiger partial charge in [-0.25, -0.2) is 4.39 Å². The second kappa shape index (κ2) is 4.33. The van der Waals surface area contributed by atoms with Crippen molar-refractivity contribution in [2.75, 3.05) is 5.73 Å². The molecule has 2 unspecified atom stereocenters. The molecule has 0 radical (unpaired) electrons. The van der Waals surface area contributed by atoms with E-state index < -0.39 is 0 Å². The summed E-state index contributed by atoms with van der Waals surface area (Å²) in [4.78, 5) is 0. The highest BCUT2D eigenvalue weighted by atomic mass is 19.1. The normalized spacial score (nSPS) is 28.1. The van der Waals surface area contributed by atoms with Crippen LogP contribution in [0.3, 0.4) is 0 Å². The van der Waals surface area contributed by atoms with E-state index in [4.69, 9.17) is 10.3 Å². The molecule has 2 aliphatic carbocycles. The second-order valence-electron chi connectivity index (χ2n) is 5.96. The van der Waals surface area contributed by atoms with Gasteiger partial charge in [0.25, 0.3) is 0 Å². The number of nitrogens with two attached hydrogens (primary N) is 1. The number of benzene rings is 1. The third kappa shape index (κ3) is 1.74. The van der Waals surface area contributed by atoms with Crippen molar-refractivity contribution < 1.29 is 8.91 Å². The van der Waals surface area contributed by atoms with Crippen molar-refractivity contribution in [3.8, 4) is 11.1 Å². The molecule has 2 atom stereocenters. The van der Waals surface area contributed by atoms with Crippen molar-refractivity contribution in [2.45, 2.75) is 31.6 Å².